The molecule has 0 aromatic heterocycles. The quantitative estimate of drug-likeness (QED) is 0.174. The molecule has 180 valence electrons. The summed E-state index contributed by atoms with van der Waals surface area (Å²) in [5, 5.41) is 7.56. The zero-order valence-corrected chi connectivity index (χ0v) is 23.6. The molecule has 0 aliphatic rings. The molecule has 0 spiro atoms. The molecule has 38 heavy (non-hydrogen) atoms. The number of halogens is 2. The topological polar surface area (TPSA) is 0 Å². The number of benzene rings is 7. The number of hydrogen-bond donors (Lipinski definition) is 0. The summed E-state index contributed by atoms with van der Waals surface area (Å²) in [6.07, 6.45) is 0. The van der Waals surface area contributed by atoms with E-state index in [4.69, 9.17) is 0 Å². The van der Waals surface area contributed by atoms with Crippen LogP contribution in [0.3, 0.4) is 0 Å². The van der Waals surface area contributed by atoms with Gasteiger partial charge in [0.2, 0.25) is 0 Å². The van der Waals surface area contributed by atoms with Gasteiger partial charge >= 0.3 is 0 Å². The fourth-order valence-electron chi connectivity index (χ4n) is 5.68. The van der Waals surface area contributed by atoms with Crippen LogP contribution in [-0.2, 0) is 0 Å². The summed E-state index contributed by atoms with van der Waals surface area (Å²) in [6, 6.07) is 48.1. The lowest BCUT2D eigenvalue weighted by Crippen LogP contribution is -1.92. The predicted octanol–water partition coefficient (Wildman–Crippen LogP) is 11.7. The van der Waals surface area contributed by atoms with Gasteiger partial charge < -0.3 is 0 Å². The highest BCUT2D eigenvalue weighted by molar-refractivity contribution is 9.10. The first-order valence-electron chi connectivity index (χ1n) is 12.7. The van der Waals surface area contributed by atoms with Crippen molar-refractivity contribution < 1.29 is 0 Å². The Balaban J connectivity index is 1.75. The average Bonchev–Trinajstić information content (AvgIpc) is 2.97. The zero-order chi connectivity index (χ0) is 25.6. The molecule has 7 rings (SSSR count). The van der Waals surface area contributed by atoms with Crippen molar-refractivity contribution in [3.63, 3.8) is 0 Å². The van der Waals surface area contributed by atoms with E-state index in [1.54, 1.807) is 0 Å². The van der Waals surface area contributed by atoms with E-state index in [0.717, 1.165) is 8.95 Å². The molecule has 0 aliphatic carbocycles. The average molecular weight is 614 g/mol. The SMILES string of the molecule is Brc1ccc2c(c1)c1cc(Br)c(-c3ccccc3)cc1c1c(-c3ccccc3)ccc(-c3ccccc3)c21. The molecule has 0 radical (unpaired) electrons. The van der Waals surface area contributed by atoms with Crippen LogP contribution in [0.15, 0.2) is 142 Å². The third kappa shape index (κ3) is 3.88. The Morgan fingerprint density at radius 3 is 1.37 bits per heavy atom. The van der Waals surface area contributed by atoms with Crippen molar-refractivity contribution in [1.29, 1.82) is 0 Å². The second kappa shape index (κ2) is 9.54. The number of rotatable bonds is 3. The molecule has 0 bridgehead atoms. The maximum atomic E-state index is 3.93. The molecule has 7 aromatic rings. The van der Waals surface area contributed by atoms with Crippen LogP contribution >= 0.6 is 31.9 Å². The van der Waals surface area contributed by atoms with Crippen molar-refractivity contribution in [3.05, 3.63) is 142 Å². The van der Waals surface area contributed by atoms with E-state index in [1.165, 1.54) is 65.7 Å². The van der Waals surface area contributed by atoms with Gasteiger partial charge in [-0.25, -0.2) is 0 Å². The van der Waals surface area contributed by atoms with Crippen molar-refractivity contribution in [2.24, 2.45) is 0 Å². The van der Waals surface area contributed by atoms with Gasteiger partial charge in [-0.2, -0.15) is 0 Å². The van der Waals surface area contributed by atoms with Gasteiger partial charge in [-0.05, 0) is 90.0 Å². The lowest BCUT2D eigenvalue weighted by Gasteiger charge is -2.19. The Kier molecular flexibility index (Phi) is 5.88. The highest BCUT2D eigenvalue weighted by Gasteiger charge is 2.19. The summed E-state index contributed by atoms with van der Waals surface area (Å²) in [5.41, 5.74) is 7.33. The Morgan fingerprint density at radius 2 is 0.816 bits per heavy atom. The molecule has 0 aliphatic heterocycles. The van der Waals surface area contributed by atoms with Gasteiger partial charge in [0.15, 0.2) is 0 Å². The summed E-state index contributed by atoms with van der Waals surface area (Å²) in [4.78, 5) is 0. The lowest BCUT2D eigenvalue weighted by atomic mass is 9.84. The Labute approximate surface area is 238 Å². The molecule has 0 saturated carbocycles. The number of hydrogen-bond acceptors (Lipinski definition) is 0. The van der Waals surface area contributed by atoms with Crippen LogP contribution in [0.5, 0.6) is 0 Å². The van der Waals surface area contributed by atoms with Crippen LogP contribution in [0.1, 0.15) is 0 Å². The van der Waals surface area contributed by atoms with Crippen LogP contribution in [0.2, 0.25) is 0 Å². The third-order valence-corrected chi connectivity index (χ3v) is 8.53. The first-order chi connectivity index (χ1) is 18.7. The highest BCUT2D eigenvalue weighted by Crippen LogP contribution is 2.47. The van der Waals surface area contributed by atoms with E-state index >= 15 is 0 Å². The van der Waals surface area contributed by atoms with Gasteiger partial charge in [-0.3, -0.25) is 0 Å². The van der Waals surface area contributed by atoms with Gasteiger partial charge in [-0.1, -0.05) is 141 Å². The highest BCUT2D eigenvalue weighted by atomic mass is 79.9. The minimum absolute atomic E-state index is 1.08. The third-order valence-electron chi connectivity index (χ3n) is 7.38. The first kappa shape index (κ1) is 23.4. The molecule has 2 heteroatoms. The van der Waals surface area contributed by atoms with Gasteiger partial charge in [0.1, 0.15) is 0 Å². The summed E-state index contributed by atoms with van der Waals surface area (Å²) in [7, 11) is 0. The summed E-state index contributed by atoms with van der Waals surface area (Å²) in [5.74, 6) is 0. The van der Waals surface area contributed by atoms with Crippen LogP contribution in [0.25, 0.3) is 65.7 Å². The standard InChI is InChI=1S/C36H22Br2/c37-26-16-17-29-31(20-26)32-22-34(38)30(25-14-8-3-9-15-25)21-33(32)36-28(24-12-6-2-7-13-24)19-18-27(35(29)36)23-10-4-1-5-11-23/h1-22H. The van der Waals surface area contributed by atoms with E-state index in [-0.39, 0.29) is 0 Å². The maximum Gasteiger partial charge on any atom is 0.0260 e. The minimum Gasteiger partial charge on any atom is -0.0622 e. The molecule has 0 N–H and O–H groups in total. The fourth-order valence-corrected chi connectivity index (χ4v) is 6.61. The molecule has 0 fully saturated rings. The molecule has 0 heterocycles. The molecule has 0 unspecified atom stereocenters. The molecule has 7 aromatic carbocycles. The van der Waals surface area contributed by atoms with Gasteiger partial charge in [0, 0.05) is 8.95 Å². The molecular formula is C36H22Br2. The zero-order valence-electron chi connectivity index (χ0n) is 20.5. The van der Waals surface area contributed by atoms with Crippen molar-refractivity contribution in [3.8, 4) is 33.4 Å². The minimum atomic E-state index is 1.08. The molecular weight excluding hydrogens is 592 g/mol. The number of fused-ring (bicyclic) bond motifs is 6. The van der Waals surface area contributed by atoms with E-state index in [2.05, 4.69) is 165 Å². The van der Waals surface area contributed by atoms with Gasteiger partial charge in [0.05, 0.1) is 0 Å². The predicted molar refractivity (Wildman–Crippen MR) is 171 cm³/mol. The van der Waals surface area contributed by atoms with Crippen LogP contribution in [0, 0.1) is 0 Å². The largest absolute Gasteiger partial charge is 0.0622 e. The van der Waals surface area contributed by atoms with Crippen molar-refractivity contribution >= 4 is 64.2 Å². The molecule has 0 nitrogen and oxygen atoms in total. The van der Waals surface area contributed by atoms with Crippen LogP contribution < -0.4 is 0 Å². The Bertz CT molecular complexity index is 1960. The smallest absolute Gasteiger partial charge is 0.0260 e. The van der Waals surface area contributed by atoms with Crippen molar-refractivity contribution in [1.82, 2.24) is 0 Å². The van der Waals surface area contributed by atoms with Crippen molar-refractivity contribution in [2.75, 3.05) is 0 Å². The summed E-state index contributed by atoms with van der Waals surface area (Å²) < 4.78 is 2.17. The van der Waals surface area contributed by atoms with E-state index in [1.807, 2.05) is 0 Å². The van der Waals surface area contributed by atoms with Crippen molar-refractivity contribution in [2.45, 2.75) is 0 Å². The van der Waals surface area contributed by atoms with E-state index in [0.29, 0.717) is 0 Å². The summed E-state index contributed by atoms with van der Waals surface area (Å²) in [6.45, 7) is 0. The van der Waals surface area contributed by atoms with E-state index in [9.17, 15) is 0 Å². The Hall–Kier alpha value is -3.72. The Morgan fingerprint density at radius 1 is 0.342 bits per heavy atom. The summed E-state index contributed by atoms with van der Waals surface area (Å²) >= 11 is 7.68. The van der Waals surface area contributed by atoms with Crippen LogP contribution in [-0.4, -0.2) is 0 Å². The molecule has 0 amide bonds. The second-order valence-corrected chi connectivity index (χ2v) is 11.3. The van der Waals surface area contributed by atoms with E-state index < -0.39 is 0 Å². The van der Waals surface area contributed by atoms with Crippen LogP contribution in [0.4, 0.5) is 0 Å². The second-order valence-electron chi connectivity index (χ2n) is 9.58. The monoisotopic (exact) mass is 612 g/mol. The first-order valence-corrected chi connectivity index (χ1v) is 14.2. The fraction of sp³-hybridized carbons (Fsp3) is 0. The maximum absolute atomic E-state index is 3.93. The molecule has 0 saturated heterocycles. The van der Waals surface area contributed by atoms with Gasteiger partial charge in [0.25, 0.3) is 0 Å². The molecule has 0 atom stereocenters. The van der Waals surface area contributed by atoms with Gasteiger partial charge in [-0.15, -0.1) is 0 Å². The lowest BCUT2D eigenvalue weighted by molar-refractivity contribution is 1.61. The normalized spacial score (nSPS) is 11.4.